The minimum atomic E-state index is -3.15. The van der Waals surface area contributed by atoms with Gasteiger partial charge in [-0.2, -0.15) is 8.78 Å². The summed E-state index contributed by atoms with van der Waals surface area (Å²) in [6.45, 7) is 2.62. The first-order chi connectivity index (χ1) is 16.2. The Morgan fingerprint density at radius 1 is 1.26 bits per heavy atom. The minimum absolute atomic E-state index is 0.0213. The van der Waals surface area contributed by atoms with Crippen molar-refractivity contribution >= 4 is 29.2 Å². The average Bonchev–Trinajstić information content (AvgIpc) is 3.37. The number of nitrogen functional groups attached to an aromatic ring is 1. The van der Waals surface area contributed by atoms with Gasteiger partial charge in [-0.3, -0.25) is 4.79 Å². The molecule has 1 spiro atoms. The third-order valence-electron chi connectivity index (χ3n) is 8.46. The standard InChI is InChI=1S/C24H28F2N6OS/c1-13(33)32-12-24(25,26)18-15(32)3-2-4-16(18)34-20-19(27)31-17(11-30-20)23-10-14(23)9-22(21(23)28)5-7-29-8-6-22/h2-4,11,14,21,29H,5-10,12,28H2,1H3,(H2,27,31). The van der Waals surface area contributed by atoms with Crippen molar-refractivity contribution in [2.45, 2.75) is 59.9 Å². The predicted molar refractivity (Wildman–Crippen MR) is 126 cm³/mol. The van der Waals surface area contributed by atoms with Crippen LogP contribution in [0.2, 0.25) is 0 Å². The number of hydrogen-bond donors (Lipinski definition) is 3. The number of fused-ring (bicyclic) bond motifs is 2. The van der Waals surface area contributed by atoms with Gasteiger partial charge >= 0.3 is 0 Å². The molecule has 6 rings (SSSR count). The summed E-state index contributed by atoms with van der Waals surface area (Å²) in [4.78, 5) is 22.6. The van der Waals surface area contributed by atoms with Gasteiger partial charge in [-0.15, -0.1) is 0 Å². The van der Waals surface area contributed by atoms with E-state index in [0.717, 1.165) is 61.1 Å². The Hall–Kier alpha value is -2.30. The number of alkyl halides is 2. The van der Waals surface area contributed by atoms with Crippen LogP contribution in [0.5, 0.6) is 0 Å². The summed E-state index contributed by atoms with van der Waals surface area (Å²) in [6, 6.07) is 4.84. The van der Waals surface area contributed by atoms with E-state index in [2.05, 4.69) is 10.3 Å². The molecular formula is C24H28F2N6OS. The lowest BCUT2D eigenvalue weighted by Gasteiger charge is -2.41. The summed E-state index contributed by atoms with van der Waals surface area (Å²) in [6.07, 6.45) is 6.01. The molecular weight excluding hydrogens is 458 g/mol. The number of benzene rings is 1. The lowest BCUT2D eigenvalue weighted by atomic mass is 9.70. The molecule has 180 valence electrons. The number of nitrogens with two attached hydrogens (primary N) is 2. The first-order valence-corrected chi connectivity index (χ1v) is 12.6. The van der Waals surface area contributed by atoms with Gasteiger partial charge in [-0.05, 0) is 62.2 Å². The molecule has 3 unspecified atom stereocenters. The van der Waals surface area contributed by atoms with Gasteiger partial charge in [0.15, 0.2) is 5.82 Å². The van der Waals surface area contributed by atoms with Crippen LogP contribution in [0.25, 0.3) is 0 Å². The molecule has 3 fully saturated rings. The highest BCUT2D eigenvalue weighted by atomic mass is 32.2. The van der Waals surface area contributed by atoms with Crippen LogP contribution in [0.3, 0.4) is 0 Å². The summed E-state index contributed by atoms with van der Waals surface area (Å²) in [5.74, 6) is -2.83. The van der Waals surface area contributed by atoms with Gasteiger partial charge in [0.2, 0.25) is 5.91 Å². The molecule has 34 heavy (non-hydrogen) atoms. The van der Waals surface area contributed by atoms with Crippen LogP contribution in [0.15, 0.2) is 34.3 Å². The molecule has 2 aromatic rings. The van der Waals surface area contributed by atoms with E-state index >= 15 is 0 Å². The van der Waals surface area contributed by atoms with E-state index in [1.165, 1.54) is 6.92 Å². The Morgan fingerprint density at radius 3 is 2.74 bits per heavy atom. The predicted octanol–water partition coefficient (Wildman–Crippen LogP) is 3.03. The number of nitrogens with zero attached hydrogens (tertiary/aromatic N) is 3. The smallest absolute Gasteiger partial charge is 0.293 e. The maximum Gasteiger partial charge on any atom is 0.293 e. The number of aromatic nitrogens is 2. The molecule has 1 aromatic carbocycles. The molecule has 0 radical (unpaired) electrons. The fourth-order valence-corrected chi connectivity index (χ4v) is 7.67. The topological polar surface area (TPSA) is 110 Å². The maximum absolute atomic E-state index is 14.9. The van der Waals surface area contributed by atoms with Crippen LogP contribution in [0.1, 0.15) is 43.9 Å². The second-order valence-electron chi connectivity index (χ2n) is 10.2. The summed E-state index contributed by atoms with van der Waals surface area (Å²) in [5, 5.41) is 3.81. The average molecular weight is 487 g/mol. The molecule has 10 heteroatoms. The van der Waals surface area contributed by atoms with Gasteiger partial charge in [0.1, 0.15) is 5.03 Å². The van der Waals surface area contributed by atoms with Crippen LogP contribution in [-0.4, -0.2) is 41.6 Å². The van der Waals surface area contributed by atoms with Gasteiger partial charge in [-0.25, -0.2) is 9.97 Å². The highest BCUT2D eigenvalue weighted by molar-refractivity contribution is 7.99. The monoisotopic (exact) mass is 486 g/mol. The normalized spacial score (nSPS) is 30.3. The number of nitrogens with one attached hydrogen (secondary N) is 1. The van der Waals surface area contributed by atoms with E-state index in [4.69, 9.17) is 16.5 Å². The Kier molecular flexibility index (Phi) is 4.80. The van der Waals surface area contributed by atoms with Crippen LogP contribution in [0.4, 0.5) is 20.3 Å². The third-order valence-corrected chi connectivity index (χ3v) is 9.53. The maximum atomic E-state index is 14.9. The van der Waals surface area contributed by atoms with Crippen molar-refractivity contribution in [2.75, 3.05) is 30.3 Å². The van der Waals surface area contributed by atoms with Crippen molar-refractivity contribution in [1.29, 1.82) is 0 Å². The highest BCUT2D eigenvalue weighted by Gasteiger charge is 2.71. The van der Waals surface area contributed by atoms with Crippen molar-refractivity contribution in [2.24, 2.45) is 17.1 Å². The fraction of sp³-hybridized carbons (Fsp3) is 0.542. The number of piperidine rings is 1. The number of carbonyl (C=O) groups excluding carboxylic acids is 1. The van der Waals surface area contributed by atoms with Gasteiger partial charge < -0.3 is 21.7 Å². The van der Waals surface area contributed by atoms with E-state index < -0.39 is 18.4 Å². The Balaban J connectivity index is 1.30. The highest BCUT2D eigenvalue weighted by Crippen LogP contribution is 2.70. The number of anilines is 2. The van der Waals surface area contributed by atoms with Crippen LogP contribution >= 0.6 is 11.8 Å². The van der Waals surface area contributed by atoms with Gasteiger partial charge in [0.25, 0.3) is 5.92 Å². The largest absolute Gasteiger partial charge is 0.381 e. The zero-order valence-corrected chi connectivity index (χ0v) is 19.8. The second-order valence-corrected chi connectivity index (χ2v) is 11.3. The molecule has 0 bridgehead atoms. The quantitative estimate of drug-likeness (QED) is 0.612. The number of amides is 1. The molecule has 1 aromatic heterocycles. The Morgan fingerprint density at radius 2 is 2.03 bits per heavy atom. The van der Waals surface area contributed by atoms with E-state index in [1.807, 2.05) is 0 Å². The minimum Gasteiger partial charge on any atom is -0.381 e. The lowest BCUT2D eigenvalue weighted by molar-refractivity contribution is -0.117. The zero-order chi connectivity index (χ0) is 23.9. The Labute approximate surface area is 201 Å². The molecule has 4 aliphatic rings. The molecule has 2 aliphatic carbocycles. The second kappa shape index (κ2) is 7.35. The number of halogens is 2. The number of carbonyl (C=O) groups is 1. The number of hydrogen-bond acceptors (Lipinski definition) is 7. The molecule has 3 atom stereocenters. The SMILES string of the molecule is CC(=O)N1CC(F)(F)c2c(Sc3ncc(C45CC4CC4(CCNCC4)C5N)nc3N)cccc21. The van der Waals surface area contributed by atoms with E-state index in [-0.39, 0.29) is 33.9 Å². The molecule has 1 amide bonds. The fourth-order valence-electron chi connectivity index (χ4n) is 6.70. The van der Waals surface area contributed by atoms with E-state index in [0.29, 0.717) is 15.8 Å². The van der Waals surface area contributed by atoms with Crippen molar-refractivity contribution in [3.8, 4) is 0 Å². The summed E-state index contributed by atoms with van der Waals surface area (Å²) >= 11 is 1.07. The summed E-state index contributed by atoms with van der Waals surface area (Å²) < 4.78 is 29.7. The molecule has 5 N–H and O–H groups in total. The van der Waals surface area contributed by atoms with E-state index in [1.54, 1.807) is 24.4 Å². The molecule has 7 nitrogen and oxygen atoms in total. The van der Waals surface area contributed by atoms with Crippen molar-refractivity contribution < 1.29 is 13.6 Å². The van der Waals surface area contributed by atoms with Crippen LogP contribution in [0, 0.1) is 11.3 Å². The number of rotatable bonds is 3. The molecule has 2 saturated carbocycles. The van der Waals surface area contributed by atoms with Gasteiger partial charge in [0.05, 0.1) is 29.7 Å². The molecule has 2 aliphatic heterocycles. The van der Waals surface area contributed by atoms with E-state index in [9.17, 15) is 13.6 Å². The van der Waals surface area contributed by atoms with Crippen molar-refractivity contribution in [3.05, 3.63) is 35.7 Å². The Bertz CT molecular complexity index is 1190. The van der Waals surface area contributed by atoms with Crippen LogP contribution < -0.4 is 21.7 Å². The molecule has 1 saturated heterocycles. The summed E-state index contributed by atoms with van der Waals surface area (Å²) in [7, 11) is 0. The van der Waals surface area contributed by atoms with Crippen molar-refractivity contribution in [3.63, 3.8) is 0 Å². The van der Waals surface area contributed by atoms with Crippen LogP contribution in [-0.2, 0) is 16.1 Å². The van der Waals surface area contributed by atoms with Gasteiger partial charge in [-0.1, -0.05) is 17.8 Å². The lowest BCUT2D eigenvalue weighted by Crippen LogP contribution is -2.51. The first kappa shape index (κ1) is 22.2. The molecule has 3 heterocycles. The first-order valence-electron chi connectivity index (χ1n) is 11.7. The van der Waals surface area contributed by atoms with Gasteiger partial charge in [0, 0.05) is 23.3 Å². The third kappa shape index (κ3) is 3.04. The summed E-state index contributed by atoms with van der Waals surface area (Å²) in [5.41, 5.74) is 14.1. The zero-order valence-electron chi connectivity index (χ0n) is 19.0. The van der Waals surface area contributed by atoms with Crippen molar-refractivity contribution in [1.82, 2.24) is 15.3 Å².